The minimum absolute atomic E-state index is 0.110. The Bertz CT molecular complexity index is 1250. The molecule has 5 rings (SSSR count). The molecule has 0 unspecified atom stereocenters. The first kappa shape index (κ1) is 18.1. The molecular formula is C19H12ClF2N5OS. The second kappa shape index (κ2) is 6.85. The molecule has 1 amide bonds. The number of hydrogen-bond acceptors (Lipinski definition) is 5. The van der Waals surface area contributed by atoms with E-state index in [0.29, 0.717) is 51.6 Å². The maximum absolute atomic E-state index is 14.0. The number of nitrogens with zero attached hydrogens (tertiary/aromatic N) is 5. The number of fused-ring (bicyclic) bond motifs is 2. The number of carbonyl (C=O) groups is 1. The molecule has 0 fully saturated rings. The van der Waals surface area contributed by atoms with Crippen molar-refractivity contribution in [2.24, 2.45) is 0 Å². The van der Waals surface area contributed by atoms with Crippen molar-refractivity contribution in [2.45, 2.75) is 13.1 Å². The van der Waals surface area contributed by atoms with Crippen molar-refractivity contribution < 1.29 is 13.6 Å². The van der Waals surface area contributed by atoms with Crippen molar-refractivity contribution in [3.63, 3.8) is 0 Å². The number of carbonyl (C=O) groups excluding carboxylic acids is 1. The van der Waals surface area contributed by atoms with Crippen LogP contribution in [0.15, 0.2) is 36.4 Å². The Balaban J connectivity index is 1.44. The summed E-state index contributed by atoms with van der Waals surface area (Å²) in [7, 11) is 0. The third-order valence-electron chi connectivity index (χ3n) is 4.74. The minimum atomic E-state index is -0.708. The number of rotatable bonds is 2. The van der Waals surface area contributed by atoms with Gasteiger partial charge < -0.3 is 9.47 Å². The number of benzene rings is 2. The summed E-state index contributed by atoms with van der Waals surface area (Å²) in [5.41, 5.74) is 0.658. The van der Waals surface area contributed by atoms with Gasteiger partial charge in [0.25, 0.3) is 5.91 Å². The lowest BCUT2D eigenvalue weighted by Crippen LogP contribution is -2.38. The van der Waals surface area contributed by atoms with Crippen LogP contribution >= 0.6 is 22.9 Å². The molecule has 4 aromatic rings. The topological polar surface area (TPSA) is 63.9 Å². The Morgan fingerprint density at radius 1 is 1.10 bits per heavy atom. The fourth-order valence-corrected chi connectivity index (χ4v) is 4.44. The molecule has 29 heavy (non-hydrogen) atoms. The van der Waals surface area contributed by atoms with Gasteiger partial charge in [-0.3, -0.25) is 4.79 Å². The van der Waals surface area contributed by atoms with Gasteiger partial charge in [-0.15, -0.1) is 21.5 Å². The largest absolute Gasteiger partial charge is 0.329 e. The summed E-state index contributed by atoms with van der Waals surface area (Å²) in [6.07, 6.45) is 0. The molecule has 0 saturated heterocycles. The highest BCUT2D eigenvalue weighted by Gasteiger charge is 2.27. The van der Waals surface area contributed by atoms with E-state index in [1.165, 1.54) is 6.07 Å². The van der Waals surface area contributed by atoms with E-state index in [1.807, 2.05) is 4.57 Å². The molecule has 6 nitrogen and oxygen atoms in total. The summed E-state index contributed by atoms with van der Waals surface area (Å²) in [6.45, 7) is 1.24. The highest BCUT2D eigenvalue weighted by atomic mass is 35.5. The van der Waals surface area contributed by atoms with E-state index in [2.05, 4.69) is 15.2 Å². The Kier molecular flexibility index (Phi) is 4.29. The maximum Gasteiger partial charge on any atom is 0.254 e. The summed E-state index contributed by atoms with van der Waals surface area (Å²) in [5.74, 6) is -0.375. The van der Waals surface area contributed by atoms with Crippen molar-refractivity contribution in [3.8, 4) is 10.8 Å². The SMILES string of the molecule is O=C(c1ccc(Cl)cc1)N1CCn2c(nnc2-c2nc3c(F)cc(F)cc3s2)C1. The first-order valence-electron chi connectivity index (χ1n) is 8.72. The van der Waals surface area contributed by atoms with Crippen molar-refractivity contribution >= 4 is 39.1 Å². The van der Waals surface area contributed by atoms with E-state index in [9.17, 15) is 13.6 Å². The van der Waals surface area contributed by atoms with Crippen LogP contribution in [0.2, 0.25) is 5.02 Å². The van der Waals surface area contributed by atoms with Crippen LogP contribution < -0.4 is 0 Å². The molecular weight excluding hydrogens is 420 g/mol. The molecule has 0 atom stereocenters. The minimum Gasteiger partial charge on any atom is -0.329 e. The van der Waals surface area contributed by atoms with Gasteiger partial charge in [-0.05, 0) is 30.3 Å². The summed E-state index contributed by atoms with van der Waals surface area (Å²) in [6, 6.07) is 8.78. The highest BCUT2D eigenvalue weighted by Crippen LogP contribution is 2.32. The van der Waals surface area contributed by atoms with Gasteiger partial charge in [0.15, 0.2) is 22.5 Å². The molecule has 2 aromatic heterocycles. The van der Waals surface area contributed by atoms with Crippen LogP contribution in [0.4, 0.5) is 8.78 Å². The molecule has 1 aliphatic rings. The zero-order valence-corrected chi connectivity index (χ0v) is 16.3. The van der Waals surface area contributed by atoms with Crippen LogP contribution in [0.1, 0.15) is 16.2 Å². The monoisotopic (exact) mass is 431 g/mol. The fourth-order valence-electron chi connectivity index (χ4n) is 3.32. The van der Waals surface area contributed by atoms with Crippen molar-refractivity contribution in [3.05, 3.63) is 64.4 Å². The van der Waals surface area contributed by atoms with Crippen LogP contribution in [0, 0.1) is 11.6 Å². The van der Waals surface area contributed by atoms with E-state index in [0.717, 1.165) is 17.4 Å². The fraction of sp³-hybridized carbons (Fsp3) is 0.158. The van der Waals surface area contributed by atoms with Gasteiger partial charge >= 0.3 is 0 Å². The molecule has 10 heteroatoms. The van der Waals surface area contributed by atoms with E-state index < -0.39 is 11.6 Å². The van der Waals surface area contributed by atoms with E-state index in [1.54, 1.807) is 29.2 Å². The lowest BCUT2D eigenvalue weighted by Gasteiger charge is -2.27. The lowest BCUT2D eigenvalue weighted by atomic mass is 10.2. The van der Waals surface area contributed by atoms with Gasteiger partial charge in [-0.2, -0.15) is 0 Å². The molecule has 2 aromatic carbocycles. The van der Waals surface area contributed by atoms with Gasteiger partial charge in [0.2, 0.25) is 0 Å². The Labute approximate surface area is 172 Å². The summed E-state index contributed by atoms with van der Waals surface area (Å²) in [4.78, 5) is 18.7. The molecule has 0 radical (unpaired) electrons. The molecule has 0 spiro atoms. The molecule has 1 aliphatic heterocycles. The summed E-state index contributed by atoms with van der Waals surface area (Å²) >= 11 is 7.04. The van der Waals surface area contributed by atoms with E-state index in [-0.39, 0.29) is 11.4 Å². The van der Waals surface area contributed by atoms with Crippen LogP contribution in [-0.2, 0) is 13.1 Å². The summed E-state index contributed by atoms with van der Waals surface area (Å²) in [5, 5.41) is 9.39. The molecule has 0 saturated carbocycles. The molecule has 0 bridgehead atoms. The molecule has 3 heterocycles. The zero-order chi connectivity index (χ0) is 20.1. The quantitative estimate of drug-likeness (QED) is 0.478. The highest BCUT2D eigenvalue weighted by molar-refractivity contribution is 7.21. The van der Waals surface area contributed by atoms with Gasteiger partial charge in [-0.1, -0.05) is 11.6 Å². The van der Waals surface area contributed by atoms with Crippen molar-refractivity contribution in [1.29, 1.82) is 0 Å². The van der Waals surface area contributed by atoms with Crippen molar-refractivity contribution in [1.82, 2.24) is 24.6 Å². The predicted octanol–water partition coefficient (Wildman–Crippen LogP) is 4.14. The van der Waals surface area contributed by atoms with Gasteiger partial charge in [0.1, 0.15) is 11.3 Å². The molecule has 0 N–H and O–H groups in total. The number of hydrogen-bond donors (Lipinski definition) is 0. The Morgan fingerprint density at radius 3 is 2.69 bits per heavy atom. The van der Waals surface area contributed by atoms with Gasteiger partial charge in [0, 0.05) is 29.7 Å². The average Bonchev–Trinajstić information content (AvgIpc) is 3.31. The number of aromatic nitrogens is 4. The van der Waals surface area contributed by atoms with Gasteiger partial charge in [0.05, 0.1) is 11.2 Å². The van der Waals surface area contributed by atoms with E-state index >= 15 is 0 Å². The first-order chi connectivity index (χ1) is 14.0. The third kappa shape index (κ3) is 3.16. The standard InChI is InChI=1S/C19H12ClF2N5OS/c20-11-3-1-10(2-4-11)19(28)26-5-6-27-15(9-26)24-25-17(27)18-23-16-13(22)7-12(21)8-14(16)29-18/h1-4,7-8H,5-6,9H2. The third-order valence-corrected chi connectivity index (χ3v) is 5.99. The lowest BCUT2D eigenvalue weighted by molar-refractivity contribution is 0.0708. The van der Waals surface area contributed by atoms with Crippen LogP contribution in [0.3, 0.4) is 0 Å². The molecule has 0 aliphatic carbocycles. The molecule has 146 valence electrons. The van der Waals surface area contributed by atoms with Gasteiger partial charge in [-0.25, -0.2) is 13.8 Å². The Hall–Kier alpha value is -2.91. The van der Waals surface area contributed by atoms with Crippen molar-refractivity contribution in [2.75, 3.05) is 6.54 Å². The second-order valence-electron chi connectivity index (χ2n) is 6.58. The second-order valence-corrected chi connectivity index (χ2v) is 8.05. The number of thiazole rings is 1. The van der Waals surface area contributed by atoms with E-state index in [4.69, 9.17) is 11.6 Å². The average molecular weight is 432 g/mol. The normalized spacial score (nSPS) is 13.7. The number of halogens is 3. The number of amides is 1. The maximum atomic E-state index is 14.0. The van der Waals surface area contributed by atoms with Crippen LogP contribution in [-0.4, -0.2) is 37.1 Å². The predicted molar refractivity (Wildman–Crippen MR) is 105 cm³/mol. The first-order valence-corrected chi connectivity index (χ1v) is 9.92. The Morgan fingerprint density at radius 2 is 1.90 bits per heavy atom. The smallest absolute Gasteiger partial charge is 0.254 e. The zero-order valence-electron chi connectivity index (χ0n) is 14.8. The van der Waals surface area contributed by atoms with Crippen LogP contribution in [0.5, 0.6) is 0 Å². The van der Waals surface area contributed by atoms with Crippen LogP contribution in [0.25, 0.3) is 21.0 Å². The summed E-state index contributed by atoms with van der Waals surface area (Å²) < 4.78 is 29.7.